The standard InChI is InChI=1S/C15H21NO/c1-12(2)8-9-13-6-5-7-14(10-13)15(3,4)16-11-17/h5-7,10,12H,8-9H2,1-4H3. The molecule has 2 heteroatoms. The number of isocyanates is 1. The molecule has 0 bridgehead atoms. The highest BCUT2D eigenvalue weighted by Gasteiger charge is 2.19. The van der Waals surface area contributed by atoms with Crippen molar-refractivity contribution in [3.63, 3.8) is 0 Å². The summed E-state index contributed by atoms with van der Waals surface area (Å²) in [5.74, 6) is 0.708. The topological polar surface area (TPSA) is 29.4 Å². The average molecular weight is 231 g/mol. The quantitative estimate of drug-likeness (QED) is 0.559. The van der Waals surface area contributed by atoms with Gasteiger partial charge in [0.15, 0.2) is 0 Å². The van der Waals surface area contributed by atoms with Gasteiger partial charge in [-0.05, 0) is 43.7 Å². The van der Waals surface area contributed by atoms with Crippen LogP contribution >= 0.6 is 0 Å². The van der Waals surface area contributed by atoms with Crippen LogP contribution in [0.2, 0.25) is 0 Å². The summed E-state index contributed by atoms with van der Waals surface area (Å²) in [5.41, 5.74) is 1.91. The molecule has 17 heavy (non-hydrogen) atoms. The van der Waals surface area contributed by atoms with E-state index < -0.39 is 5.54 Å². The van der Waals surface area contributed by atoms with Crippen LogP contribution in [0.4, 0.5) is 0 Å². The van der Waals surface area contributed by atoms with Crippen LogP contribution in [0.3, 0.4) is 0 Å². The summed E-state index contributed by atoms with van der Waals surface area (Å²) in [6.45, 7) is 8.31. The minimum Gasteiger partial charge on any atom is -0.211 e. The predicted octanol–water partition coefficient (Wildman–Crippen LogP) is 3.85. The Morgan fingerprint density at radius 3 is 2.65 bits per heavy atom. The lowest BCUT2D eigenvalue weighted by Gasteiger charge is -2.18. The van der Waals surface area contributed by atoms with E-state index in [-0.39, 0.29) is 0 Å². The smallest absolute Gasteiger partial charge is 0.211 e. The lowest BCUT2D eigenvalue weighted by molar-refractivity contribution is 0.522. The summed E-state index contributed by atoms with van der Waals surface area (Å²) < 4.78 is 0. The van der Waals surface area contributed by atoms with Gasteiger partial charge in [0.25, 0.3) is 0 Å². The SMILES string of the molecule is CC(C)CCc1cccc(C(C)(C)N=C=O)c1. The Morgan fingerprint density at radius 2 is 2.06 bits per heavy atom. The predicted molar refractivity (Wildman–Crippen MR) is 70.7 cm³/mol. The number of hydrogen-bond donors (Lipinski definition) is 0. The third-order valence-corrected chi connectivity index (χ3v) is 2.97. The molecule has 0 unspecified atom stereocenters. The van der Waals surface area contributed by atoms with E-state index in [2.05, 4.69) is 31.0 Å². The Kier molecular flexibility index (Phi) is 4.65. The Bertz CT molecular complexity index is 415. The second kappa shape index (κ2) is 5.79. The molecule has 0 spiro atoms. The minimum absolute atomic E-state index is 0.477. The van der Waals surface area contributed by atoms with Crippen LogP contribution in [0.5, 0.6) is 0 Å². The van der Waals surface area contributed by atoms with Crippen LogP contribution in [0, 0.1) is 5.92 Å². The molecule has 0 amide bonds. The molecular formula is C15H21NO. The maximum absolute atomic E-state index is 10.4. The zero-order valence-corrected chi connectivity index (χ0v) is 11.2. The molecular weight excluding hydrogens is 210 g/mol. The minimum atomic E-state index is -0.477. The second-order valence-corrected chi connectivity index (χ2v) is 5.40. The van der Waals surface area contributed by atoms with E-state index >= 15 is 0 Å². The van der Waals surface area contributed by atoms with E-state index in [1.54, 1.807) is 6.08 Å². The Hall–Kier alpha value is -1.40. The third-order valence-electron chi connectivity index (χ3n) is 2.97. The largest absolute Gasteiger partial charge is 0.235 e. The highest BCUT2D eigenvalue weighted by molar-refractivity contribution is 5.38. The molecule has 0 saturated heterocycles. The van der Waals surface area contributed by atoms with E-state index in [0.717, 1.165) is 12.0 Å². The Labute approximate surface area is 104 Å². The van der Waals surface area contributed by atoms with Crippen LogP contribution in [0.15, 0.2) is 29.3 Å². The maximum Gasteiger partial charge on any atom is 0.235 e. The van der Waals surface area contributed by atoms with Crippen LogP contribution in [-0.2, 0) is 16.8 Å². The molecule has 0 fully saturated rings. The summed E-state index contributed by atoms with van der Waals surface area (Å²) in [4.78, 5) is 14.3. The van der Waals surface area contributed by atoms with Crippen molar-refractivity contribution in [3.05, 3.63) is 35.4 Å². The van der Waals surface area contributed by atoms with Gasteiger partial charge in [-0.15, -0.1) is 0 Å². The number of aliphatic imine (C=N–C) groups is 1. The highest BCUT2D eigenvalue weighted by Crippen LogP contribution is 2.25. The van der Waals surface area contributed by atoms with Crippen LogP contribution in [0.25, 0.3) is 0 Å². The Balaban J connectivity index is 2.89. The zero-order chi connectivity index (χ0) is 12.9. The van der Waals surface area contributed by atoms with E-state index in [9.17, 15) is 4.79 Å². The molecule has 0 atom stereocenters. The fourth-order valence-corrected chi connectivity index (χ4v) is 1.74. The number of benzene rings is 1. The molecule has 0 saturated carbocycles. The van der Waals surface area contributed by atoms with Crippen LogP contribution in [-0.4, -0.2) is 6.08 Å². The van der Waals surface area contributed by atoms with Gasteiger partial charge in [0.05, 0.1) is 5.54 Å². The van der Waals surface area contributed by atoms with Gasteiger partial charge in [-0.2, -0.15) is 4.99 Å². The third kappa shape index (κ3) is 4.16. The lowest BCUT2D eigenvalue weighted by atomic mass is 9.92. The van der Waals surface area contributed by atoms with Crippen molar-refractivity contribution in [2.45, 2.75) is 46.1 Å². The monoisotopic (exact) mass is 231 g/mol. The Morgan fingerprint density at radius 1 is 1.35 bits per heavy atom. The van der Waals surface area contributed by atoms with Gasteiger partial charge in [-0.25, -0.2) is 4.79 Å². The summed E-state index contributed by atoms with van der Waals surface area (Å²) in [6.07, 6.45) is 3.91. The lowest BCUT2D eigenvalue weighted by Crippen LogP contribution is -2.13. The molecule has 92 valence electrons. The number of nitrogens with zero attached hydrogens (tertiary/aromatic N) is 1. The van der Waals surface area contributed by atoms with E-state index in [4.69, 9.17) is 0 Å². The summed E-state index contributed by atoms with van der Waals surface area (Å²) >= 11 is 0. The molecule has 1 rings (SSSR count). The molecule has 0 aliphatic heterocycles. The summed E-state index contributed by atoms with van der Waals surface area (Å²) in [5, 5.41) is 0. The molecule has 0 radical (unpaired) electrons. The number of hydrogen-bond acceptors (Lipinski definition) is 2. The zero-order valence-electron chi connectivity index (χ0n) is 11.2. The van der Waals surface area contributed by atoms with Crippen molar-refractivity contribution in [1.82, 2.24) is 0 Å². The molecule has 2 nitrogen and oxygen atoms in total. The fraction of sp³-hybridized carbons (Fsp3) is 0.533. The first-order valence-corrected chi connectivity index (χ1v) is 6.14. The van der Waals surface area contributed by atoms with E-state index in [1.165, 1.54) is 12.0 Å². The first kappa shape index (κ1) is 13.7. The van der Waals surface area contributed by atoms with E-state index in [1.807, 2.05) is 26.0 Å². The van der Waals surface area contributed by atoms with E-state index in [0.29, 0.717) is 5.92 Å². The van der Waals surface area contributed by atoms with Crippen molar-refractivity contribution in [2.75, 3.05) is 0 Å². The van der Waals surface area contributed by atoms with Crippen molar-refractivity contribution >= 4 is 6.08 Å². The van der Waals surface area contributed by atoms with Gasteiger partial charge in [-0.1, -0.05) is 38.1 Å². The number of aryl methyl sites for hydroxylation is 1. The summed E-state index contributed by atoms with van der Waals surface area (Å²) in [6, 6.07) is 8.32. The molecule has 0 N–H and O–H groups in total. The van der Waals surface area contributed by atoms with Gasteiger partial charge in [0.1, 0.15) is 0 Å². The molecule has 0 aromatic heterocycles. The first-order chi connectivity index (χ1) is 7.95. The van der Waals surface area contributed by atoms with Crippen molar-refractivity contribution in [1.29, 1.82) is 0 Å². The van der Waals surface area contributed by atoms with Gasteiger partial charge in [-0.3, -0.25) is 0 Å². The molecule has 1 aromatic rings. The number of carbonyl (C=O) groups excluding carboxylic acids is 1. The molecule has 0 aliphatic carbocycles. The van der Waals surface area contributed by atoms with Crippen molar-refractivity contribution in [3.8, 4) is 0 Å². The van der Waals surface area contributed by atoms with Gasteiger partial charge in [0, 0.05) is 0 Å². The van der Waals surface area contributed by atoms with Gasteiger partial charge >= 0.3 is 0 Å². The van der Waals surface area contributed by atoms with Gasteiger partial charge in [0.2, 0.25) is 6.08 Å². The van der Waals surface area contributed by atoms with Crippen LogP contribution < -0.4 is 0 Å². The van der Waals surface area contributed by atoms with Crippen molar-refractivity contribution in [2.24, 2.45) is 10.9 Å². The maximum atomic E-state index is 10.4. The molecule has 0 aliphatic rings. The fourth-order valence-electron chi connectivity index (χ4n) is 1.74. The number of rotatable bonds is 5. The molecule has 0 heterocycles. The molecule has 1 aromatic carbocycles. The van der Waals surface area contributed by atoms with Crippen molar-refractivity contribution < 1.29 is 4.79 Å². The average Bonchev–Trinajstić information content (AvgIpc) is 2.27. The normalized spacial score (nSPS) is 11.4. The van der Waals surface area contributed by atoms with Crippen LogP contribution in [0.1, 0.15) is 45.2 Å². The summed E-state index contributed by atoms with van der Waals surface area (Å²) in [7, 11) is 0. The highest BCUT2D eigenvalue weighted by atomic mass is 16.1. The first-order valence-electron chi connectivity index (χ1n) is 6.14. The van der Waals surface area contributed by atoms with Gasteiger partial charge < -0.3 is 0 Å². The second-order valence-electron chi connectivity index (χ2n) is 5.40.